The fourth-order valence-corrected chi connectivity index (χ4v) is 1.51. The molecule has 0 aliphatic rings. The summed E-state index contributed by atoms with van der Waals surface area (Å²) in [6.07, 6.45) is 0.395. The largest absolute Gasteiger partial charge is 0.494 e. The number of hydrogen-bond acceptors (Lipinski definition) is 3. The van der Waals surface area contributed by atoms with Crippen LogP contribution in [0, 0.1) is 0 Å². The van der Waals surface area contributed by atoms with Crippen LogP contribution in [-0.2, 0) is 6.42 Å². The van der Waals surface area contributed by atoms with Gasteiger partial charge in [0.1, 0.15) is 5.75 Å². The van der Waals surface area contributed by atoms with E-state index in [1.807, 2.05) is 6.92 Å². The predicted octanol–water partition coefficient (Wildman–Crippen LogP) is 1.01. The Morgan fingerprint density at radius 3 is 2.62 bits per heavy atom. The molecule has 5 heteroatoms. The highest BCUT2D eigenvalue weighted by atomic mass is 32.1. The molecule has 0 aliphatic heterocycles. The zero-order chi connectivity index (χ0) is 12.1. The summed E-state index contributed by atoms with van der Waals surface area (Å²) in [4.78, 5) is 11.4. The number of amides is 1. The molecule has 0 atom stereocenters. The van der Waals surface area contributed by atoms with E-state index in [4.69, 9.17) is 28.4 Å². The number of carbonyl (C=O) groups is 1. The highest BCUT2D eigenvalue weighted by Gasteiger charge is 2.08. The number of rotatable bonds is 5. The summed E-state index contributed by atoms with van der Waals surface area (Å²) in [5.41, 5.74) is 11.9. The van der Waals surface area contributed by atoms with Crippen LogP contribution in [0.15, 0.2) is 18.2 Å². The van der Waals surface area contributed by atoms with Crippen molar-refractivity contribution < 1.29 is 9.53 Å². The van der Waals surface area contributed by atoms with Crippen molar-refractivity contribution in [3.8, 4) is 5.75 Å². The van der Waals surface area contributed by atoms with Crippen LogP contribution in [0.4, 0.5) is 0 Å². The van der Waals surface area contributed by atoms with E-state index in [1.165, 1.54) is 0 Å². The molecule has 1 amide bonds. The van der Waals surface area contributed by atoms with Crippen LogP contribution in [0.2, 0.25) is 0 Å². The van der Waals surface area contributed by atoms with Crippen molar-refractivity contribution >= 4 is 23.1 Å². The van der Waals surface area contributed by atoms with E-state index in [9.17, 15) is 4.79 Å². The van der Waals surface area contributed by atoms with E-state index in [0.717, 1.165) is 5.56 Å². The second kappa shape index (κ2) is 5.46. The summed E-state index contributed by atoms with van der Waals surface area (Å²) in [5.74, 6) is 0.201. The number of primary amides is 1. The molecule has 86 valence electrons. The maximum atomic E-state index is 11.0. The van der Waals surface area contributed by atoms with Gasteiger partial charge in [-0.1, -0.05) is 12.2 Å². The topological polar surface area (TPSA) is 78.3 Å². The summed E-state index contributed by atoms with van der Waals surface area (Å²) in [6, 6.07) is 4.99. The van der Waals surface area contributed by atoms with Crippen LogP contribution in [0.5, 0.6) is 5.75 Å². The number of ether oxygens (including phenoxy) is 1. The standard InChI is InChI=1S/C11H14N2O2S/c1-2-15-9-4-3-7(11(13)14)5-8(9)6-10(12)16/h3-5H,2,6H2,1H3,(H2,12,16)(H2,13,14). The summed E-state index contributed by atoms with van der Waals surface area (Å²) in [7, 11) is 0. The number of hydrogen-bond donors (Lipinski definition) is 2. The van der Waals surface area contributed by atoms with Gasteiger partial charge in [-0.05, 0) is 25.1 Å². The number of thiocarbonyl (C=S) groups is 1. The van der Waals surface area contributed by atoms with Crippen LogP contribution >= 0.6 is 12.2 Å². The smallest absolute Gasteiger partial charge is 0.248 e. The molecule has 0 bridgehead atoms. The van der Waals surface area contributed by atoms with Gasteiger partial charge in [-0.15, -0.1) is 0 Å². The van der Waals surface area contributed by atoms with Crippen LogP contribution < -0.4 is 16.2 Å². The second-order valence-corrected chi connectivity index (χ2v) is 3.79. The molecule has 1 aromatic rings. The predicted molar refractivity (Wildman–Crippen MR) is 66.6 cm³/mol. The van der Waals surface area contributed by atoms with Gasteiger partial charge in [0.2, 0.25) is 5.91 Å². The number of nitrogens with two attached hydrogens (primary N) is 2. The van der Waals surface area contributed by atoms with Gasteiger partial charge in [-0.25, -0.2) is 0 Å². The summed E-state index contributed by atoms with van der Waals surface area (Å²) in [6.45, 7) is 2.42. The Morgan fingerprint density at radius 2 is 2.12 bits per heavy atom. The van der Waals surface area contributed by atoms with Gasteiger partial charge >= 0.3 is 0 Å². The molecule has 0 saturated heterocycles. The SMILES string of the molecule is CCOc1ccc(C(N)=O)cc1CC(N)=S. The first-order valence-electron chi connectivity index (χ1n) is 4.88. The number of benzene rings is 1. The van der Waals surface area contributed by atoms with Crippen LogP contribution in [0.25, 0.3) is 0 Å². The molecule has 4 N–H and O–H groups in total. The summed E-state index contributed by atoms with van der Waals surface area (Å²) in [5, 5.41) is 0. The minimum atomic E-state index is -0.479. The Morgan fingerprint density at radius 1 is 1.44 bits per heavy atom. The first kappa shape index (κ1) is 12.4. The van der Waals surface area contributed by atoms with Gasteiger partial charge in [0, 0.05) is 17.5 Å². The van der Waals surface area contributed by atoms with Crippen molar-refractivity contribution in [2.75, 3.05) is 6.61 Å². The Labute approximate surface area is 99.6 Å². The van der Waals surface area contributed by atoms with Gasteiger partial charge in [-0.3, -0.25) is 4.79 Å². The van der Waals surface area contributed by atoms with Crippen molar-refractivity contribution in [1.29, 1.82) is 0 Å². The highest BCUT2D eigenvalue weighted by Crippen LogP contribution is 2.20. The third-order valence-electron chi connectivity index (χ3n) is 2.01. The minimum absolute atomic E-state index is 0.350. The van der Waals surface area contributed by atoms with Crippen molar-refractivity contribution in [3.05, 3.63) is 29.3 Å². The molecule has 0 radical (unpaired) electrons. The van der Waals surface area contributed by atoms with Crippen molar-refractivity contribution in [1.82, 2.24) is 0 Å². The molecule has 0 heterocycles. The minimum Gasteiger partial charge on any atom is -0.494 e. The lowest BCUT2D eigenvalue weighted by atomic mass is 10.1. The first-order valence-corrected chi connectivity index (χ1v) is 5.29. The van der Waals surface area contributed by atoms with Crippen LogP contribution in [-0.4, -0.2) is 17.5 Å². The molecule has 0 unspecified atom stereocenters. The molecule has 16 heavy (non-hydrogen) atoms. The molecule has 0 fully saturated rings. The maximum Gasteiger partial charge on any atom is 0.248 e. The van der Waals surface area contributed by atoms with Crippen LogP contribution in [0.3, 0.4) is 0 Å². The molecule has 1 aromatic carbocycles. The third-order valence-corrected chi connectivity index (χ3v) is 2.15. The average Bonchev–Trinajstić information content (AvgIpc) is 2.19. The van der Waals surface area contributed by atoms with Crippen molar-refractivity contribution in [2.24, 2.45) is 11.5 Å². The molecule has 0 spiro atoms. The first-order chi connectivity index (χ1) is 7.54. The molecule has 1 rings (SSSR count). The Kier molecular flexibility index (Phi) is 4.25. The van der Waals surface area contributed by atoms with Gasteiger partial charge in [0.15, 0.2) is 0 Å². The van der Waals surface area contributed by atoms with Crippen LogP contribution in [0.1, 0.15) is 22.8 Å². The van der Waals surface area contributed by atoms with E-state index in [1.54, 1.807) is 18.2 Å². The zero-order valence-corrected chi connectivity index (χ0v) is 9.84. The van der Waals surface area contributed by atoms with Crippen molar-refractivity contribution in [2.45, 2.75) is 13.3 Å². The van der Waals surface area contributed by atoms with E-state index < -0.39 is 5.91 Å². The van der Waals surface area contributed by atoms with Gasteiger partial charge in [0.05, 0.1) is 11.6 Å². The Balaban J connectivity index is 3.09. The summed E-state index contributed by atoms with van der Waals surface area (Å²) >= 11 is 4.84. The second-order valence-electron chi connectivity index (χ2n) is 3.26. The van der Waals surface area contributed by atoms with E-state index in [0.29, 0.717) is 29.3 Å². The zero-order valence-electron chi connectivity index (χ0n) is 9.03. The lowest BCUT2D eigenvalue weighted by Crippen LogP contribution is -2.15. The summed E-state index contributed by atoms with van der Waals surface area (Å²) < 4.78 is 5.41. The van der Waals surface area contributed by atoms with Gasteiger partial charge in [0.25, 0.3) is 0 Å². The number of carbonyl (C=O) groups excluding carboxylic acids is 1. The normalized spacial score (nSPS) is 9.81. The Hall–Kier alpha value is -1.62. The molecule has 0 saturated carbocycles. The Bertz CT molecular complexity index is 418. The molecule has 0 aliphatic carbocycles. The van der Waals surface area contributed by atoms with Gasteiger partial charge in [-0.2, -0.15) is 0 Å². The molecule has 0 aromatic heterocycles. The quantitative estimate of drug-likeness (QED) is 0.750. The molecular weight excluding hydrogens is 224 g/mol. The van der Waals surface area contributed by atoms with Gasteiger partial charge < -0.3 is 16.2 Å². The van der Waals surface area contributed by atoms with E-state index in [-0.39, 0.29) is 0 Å². The average molecular weight is 238 g/mol. The monoisotopic (exact) mass is 238 g/mol. The third kappa shape index (κ3) is 3.20. The lowest BCUT2D eigenvalue weighted by Gasteiger charge is -2.10. The fourth-order valence-electron chi connectivity index (χ4n) is 1.35. The van der Waals surface area contributed by atoms with Crippen molar-refractivity contribution in [3.63, 3.8) is 0 Å². The fraction of sp³-hybridized carbons (Fsp3) is 0.273. The molecular formula is C11H14N2O2S. The van der Waals surface area contributed by atoms with E-state index >= 15 is 0 Å². The highest BCUT2D eigenvalue weighted by molar-refractivity contribution is 7.80. The maximum absolute atomic E-state index is 11.0. The lowest BCUT2D eigenvalue weighted by molar-refractivity contribution is 0.1000. The van der Waals surface area contributed by atoms with E-state index in [2.05, 4.69) is 0 Å². The molecule has 4 nitrogen and oxygen atoms in total.